The van der Waals surface area contributed by atoms with Gasteiger partial charge in [-0.15, -0.1) is 0 Å². The van der Waals surface area contributed by atoms with Crippen molar-refractivity contribution in [3.63, 3.8) is 0 Å². The molecule has 0 aliphatic rings. The van der Waals surface area contributed by atoms with Crippen LogP contribution in [0, 0.1) is 0 Å². The van der Waals surface area contributed by atoms with E-state index in [2.05, 4.69) is 0 Å². The molecule has 0 spiro atoms. The molecule has 0 aromatic heterocycles. The summed E-state index contributed by atoms with van der Waals surface area (Å²) in [5.41, 5.74) is 0. The molecule has 46 valence electrons. The van der Waals surface area contributed by atoms with E-state index in [9.17, 15) is 9.59 Å². The van der Waals surface area contributed by atoms with Crippen molar-refractivity contribution in [2.24, 2.45) is 0 Å². The molecule has 0 aromatic carbocycles. The van der Waals surface area contributed by atoms with Gasteiger partial charge in [0.25, 0.3) is 0 Å². The van der Waals surface area contributed by atoms with Crippen LogP contribution in [0.1, 0.15) is 13.3 Å². The Hall–Kier alpha value is 0.139. The molecular formula is C5H10O2Sn. The summed E-state index contributed by atoms with van der Waals surface area (Å²) < 4.78 is 0.682. The van der Waals surface area contributed by atoms with Gasteiger partial charge in [0, 0.05) is 0 Å². The van der Waals surface area contributed by atoms with Gasteiger partial charge in [-0.05, 0) is 0 Å². The average molecular weight is 221 g/mol. The first-order valence-corrected chi connectivity index (χ1v) is 6.71. The van der Waals surface area contributed by atoms with Crippen LogP contribution in [0.4, 0.5) is 0 Å². The summed E-state index contributed by atoms with van der Waals surface area (Å²) >= 11 is 0.427. The minimum atomic E-state index is -0.0110. The van der Waals surface area contributed by atoms with E-state index in [-0.39, 0.29) is 18.0 Å². The van der Waals surface area contributed by atoms with Crippen LogP contribution in [0.25, 0.3) is 0 Å². The minimum absolute atomic E-state index is 0.0110. The average Bonchev–Trinajstić information content (AvgIpc) is 1.65. The Labute approximate surface area is 61.7 Å². The molecule has 0 aliphatic carbocycles. The summed E-state index contributed by atoms with van der Waals surface area (Å²) in [5, 5.41) is 0. The fourth-order valence-electron chi connectivity index (χ4n) is 0.403. The summed E-state index contributed by atoms with van der Waals surface area (Å²) in [6.07, 6.45) is 0.160. The monoisotopic (exact) mass is 222 g/mol. The van der Waals surface area contributed by atoms with Gasteiger partial charge in [-0.3, -0.25) is 0 Å². The zero-order chi connectivity index (χ0) is 6.57. The van der Waals surface area contributed by atoms with Crippen molar-refractivity contribution in [3.05, 3.63) is 0 Å². The zero-order valence-corrected chi connectivity index (χ0v) is 10.9. The van der Waals surface area contributed by atoms with Crippen LogP contribution >= 0.6 is 0 Å². The van der Waals surface area contributed by atoms with Crippen LogP contribution in [0.5, 0.6) is 0 Å². The van der Waals surface area contributed by atoms with Crippen LogP contribution in [-0.4, -0.2) is 34.1 Å². The molecule has 0 heterocycles. The van der Waals surface area contributed by atoms with Gasteiger partial charge in [-0.2, -0.15) is 0 Å². The van der Waals surface area contributed by atoms with Gasteiger partial charge in [0.2, 0.25) is 0 Å². The number of Topliss-reactive ketones (excluding diaryl/α,β-unsaturated/α-hetero) is 2. The maximum atomic E-state index is 10.5. The molecule has 0 rings (SSSR count). The third-order valence-corrected chi connectivity index (χ3v) is 3.09. The van der Waals surface area contributed by atoms with E-state index in [1.807, 2.05) is 0 Å². The molecular weight excluding hydrogens is 211 g/mol. The molecule has 0 saturated heterocycles. The molecule has 2 nitrogen and oxygen atoms in total. The molecule has 0 radical (unpaired) electrons. The predicted octanol–water partition coefficient (Wildman–Crippen LogP) is -0.682. The SMILES string of the molecule is CC(=O)CC(=O)[CH2][SnH3]. The Morgan fingerprint density at radius 2 is 2.00 bits per heavy atom. The Balaban J connectivity index is 3.40. The standard InChI is InChI=1S/C5H7O2.Sn.3H/c1-4(6)3-5(2)7;;;;/h1,3H2,2H3;;;;. The quantitative estimate of drug-likeness (QED) is 0.467. The van der Waals surface area contributed by atoms with E-state index in [0.717, 1.165) is 0 Å². The number of carbonyl (C=O) groups is 2. The summed E-state index contributed by atoms with van der Waals surface area (Å²) in [7, 11) is 0. The second-order valence-electron chi connectivity index (χ2n) is 1.77. The molecule has 0 aromatic rings. The fraction of sp³-hybridized carbons (Fsp3) is 0.600. The first kappa shape index (κ1) is 8.14. The first-order chi connectivity index (χ1) is 3.66. The normalized spacial score (nSPS) is 9.12. The molecule has 3 heteroatoms. The number of hydrogen-bond donors (Lipinski definition) is 0. The summed E-state index contributed by atoms with van der Waals surface area (Å²) in [4.78, 5) is 20.7. The summed E-state index contributed by atoms with van der Waals surface area (Å²) in [6.45, 7) is 1.45. The Kier molecular flexibility index (Phi) is 4.13. The molecule has 0 N–H and O–H groups in total. The topological polar surface area (TPSA) is 34.1 Å². The molecule has 8 heavy (non-hydrogen) atoms. The third kappa shape index (κ3) is 4.30. The van der Waals surface area contributed by atoms with Crippen molar-refractivity contribution in [3.8, 4) is 0 Å². The van der Waals surface area contributed by atoms with Crippen molar-refractivity contribution in [1.82, 2.24) is 0 Å². The number of ketones is 2. The van der Waals surface area contributed by atoms with Gasteiger partial charge < -0.3 is 0 Å². The van der Waals surface area contributed by atoms with Gasteiger partial charge in [0.1, 0.15) is 0 Å². The number of rotatable bonds is 3. The molecule has 0 aliphatic heterocycles. The van der Waals surface area contributed by atoms with E-state index in [4.69, 9.17) is 0 Å². The van der Waals surface area contributed by atoms with Gasteiger partial charge in [0.05, 0.1) is 0 Å². The van der Waals surface area contributed by atoms with Gasteiger partial charge in [0.15, 0.2) is 0 Å². The van der Waals surface area contributed by atoms with Crippen LogP contribution in [0.2, 0.25) is 4.44 Å². The maximum absolute atomic E-state index is 10.5. The molecule has 0 unspecified atom stereocenters. The van der Waals surface area contributed by atoms with Crippen LogP contribution in [0.3, 0.4) is 0 Å². The number of hydrogen-bond acceptors (Lipinski definition) is 2. The summed E-state index contributed by atoms with van der Waals surface area (Å²) in [6, 6.07) is 0. The van der Waals surface area contributed by atoms with Gasteiger partial charge in [-0.1, -0.05) is 0 Å². The van der Waals surface area contributed by atoms with E-state index in [1.54, 1.807) is 0 Å². The second-order valence-corrected chi connectivity index (χ2v) is 3.79. The van der Waals surface area contributed by atoms with Gasteiger partial charge >= 0.3 is 61.5 Å². The molecule has 0 atom stereocenters. The summed E-state index contributed by atoms with van der Waals surface area (Å²) in [5.74, 6) is 0.108. The second kappa shape index (κ2) is 4.06. The predicted molar refractivity (Wildman–Crippen MR) is 35.1 cm³/mol. The Morgan fingerprint density at radius 1 is 1.50 bits per heavy atom. The third-order valence-electron chi connectivity index (χ3n) is 0.840. The fourth-order valence-corrected chi connectivity index (χ4v) is 1.12. The van der Waals surface area contributed by atoms with E-state index in [1.165, 1.54) is 6.92 Å². The van der Waals surface area contributed by atoms with Crippen molar-refractivity contribution < 1.29 is 9.59 Å². The van der Waals surface area contributed by atoms with Crippen molar-refractivity contribution in [2.45, 2.75) is 17.8 Å². The van der Waals surface area contributed by atoms with E-state index < -0.39 is 0 Å². The van der Waals surface area contributed by atoms with Crippen LogP contribution in [0.15, 0.2) is 0 Å². The van der Waals surface area contributed by atoms with Gasteiger partial charge in [-0.25, -0.2) is 0 Å². The first-order valence-electron chi connectivity index (χ1n) is 2.68. The molecule has 0 saturated carbocycles. The van der Waals surface area contributed by atoms with Crippen LogP contribution < -0.4 is 0 Å². The van der Waals surface area contributed by atoms with Crippen LogP contribution in [-0.2, 0) is 9.59 Å². The molecule has 0 fully saturated rings. The van der Waals surface area contributed by atoms with E-state index >= 15 is 0 Å². The van der Waals surface area contributed by atoms with E-state index in [0.29, 0.717) is 27.0 Å². The van der Waals surface area contributed by atoms with Crippen molar-refractivity contribution in [1.29, 1.82) is 0 Å². The van der Waals surface area contributed by atoms with Crippen molar-refractivity contribution in [2.75, 3.05) is 0 Å². The van der Waals surface area contributed by atoms with Crippen molar-refractivity contribution >= 4 is 34.1 Å². The zero-order valence-electron chi connectivity index (χ0n) is 5.23. The Morgan fingerprint density at radius 3 is 2.12 bits per heavy atom. The Bertz CT molecular complexity index is 109. The number of carbonyl (C=O) groups excluding carboxylic acids is 2. The molecule has 0 bridgehead atoms. The molecule has 0 amide bonds.